The third kappa shape index (κ3) is 2.44. The predicted molar refractivity (Wildman–Crippen MR) is 67.7 cm³/mol. The number of hydrogen-bond donors (Lipinski definition) is 0. The van der Waals surface area contributed by atoms with Crippen LogP contribution in [0.3, 0.4) is 0 Å². The molecule has 0 N–H and O–H groups in total. The second-order valence-corrected chi connectivity index (χ2v) is 7.18. The molecule has 0 aliphatic heterocycles. The third-order valence-electron chi connectivity index (χ3n) is 3.03. The van der Waals surface area contributed by atoms with E-state index in [9.17, 15) is 8.42 Å². The van der Waals surface area contributed by atoms with Gasteiger partial charge >= 0.3 is 0 Å². The minimum Gasteiger partial charge on any atom is -0.360 e. The molecule has 1 heterocycles. The van der Waals surface area contributed by atoms with Gasteiger partial charge in [-0.1, -0.05) is 19.0 Å². The van der Waals surface area contributed by atoms with Gasteiger partial charge in [0.25, 0.3) is 0 Å². The number of rotatable bonds is 5. The average Bonchev–Trinajstić information content (AvgIpc) is 3.01. The van der Waals surface area contributed by atoms with Crippen LogP contribution in [0.5, 0.6) is 0 Å². The van der Waals surface area contributed by atoms with Gasteiger partial charge in [-0.2, -0.15) is 4.31 Å². The van der Waals surface area contributed by atoms with E-state index in [0.717, 1.165) is 12.8 Å². The lowest BCUT2D eigenvalue weighted by Crippen LogP contribution is -2.36. The van der Waals surface area contributed by atoms with Gasteiger partial charge in [0, 0.05) is 12.6 Å². The van der Waals surface area contributed by atoms with Crippen LogP contribution in [0, 0.1) is 19.8 Å². The molecule has 0 amide bonds. The summed E-state index contributed by atoms with van der Waals surface area (Å²) in [4.78, 5) is 0.245. The SMILES string of the molecule is Cc1noc(C)c1S(=O)(=O)N(CC(C)C)C1CC1. The van der Waals surface area contributed by atoms with Crippen LogP contribution in [0.2, 0.25) is 0 Å². The molecule has 1 aliphatic carbocycles. The fourth-order valence-electron chi connectivity index (χ4n) is 2.13. The van der Waals surface area contributed by atoms with Crippen LogP contribution in [0.25, 0.3) is 0 Å². The molecule has 0 aromatic carbocycles. The molecule has 1 saturated carbocycles. The topological polar surface area (TPSA) is 63.4 Å². The van der Waals surface area contributed by atoms with Crippen molar-refractivity contribution in [3.05, 3.63) is 11.5 Å². The standard InChI is InChI=1S/C12H20N2O3S/c1-8(2)7-14(11-5-6-11)18(15,16)12-9(3)13-17-10(12)4/h8,11H,5-7H2,1-4H3. The van der Waals surface area contributed by atoms with E-state index in [1.165, 1.54) is 0 Å². The minimum absolute atomic E-state index is 0.158. The van der Waals surface area contributed by atoms with Crippen molar-refractivity contribution in [1.29, 1.82) is 0 Å². The summed E-state index contributed by atoms with van der Waals surface area (Å²) in [5.41, 5.74) is 0.446. The van der Waals surface area contributed by atoms with Crippen LogP contribution >= 0.6 is 0 Å². The maximum absolute atomic E-state index is 12.7. The van der Waals surface area contributed by atoms with Gasteiger partial charge in [0.15, 0.2) is 5.76 Å². The van der Waals surface area contributed by atoms with Gasteiger partial charge in [-0.3, -0.25) is 0 Å². The van der Waals surface area contributed by atoms with Crippen LogP contribution < -0.4 is 0 Å². The Kier molecular flexibility index (Phi) is 3.51. The summed E-state index contributed by atoms with van der Waals surface area (Å²) >= 11 is 0. The van der Waals surface area contributed by atoms with Gasteiger partial charge in [-0.25, -0.2) is 8.42 Å². The van der Waals surface area contributed by atoms with E-state index >= 15 is 0 Å². The Morgan fingerprint density at radius 1 is 1.39 bits per heavy atom. The van der Waals surface area contributed by atoms with E-state index in [1.54, 1.807) is 18.2 Å². The van der Waals surface area contributed by atoms with E-state index in [2.05, 4.69) is 5.16 Å². The van der Waals surface area contributed by atoms with Crippen LogP contribution in [-0.2, 0) is 10.0 Å². The van der Waals surface area contributed by atoms with Crippen LogP contribution in [0.4, 0.5) is 0 Å². The maximum atomic E-state index is 12.7. The largest absolute Gasteiger partial charge is 0.360 e. The Morgan fingerprint density at radius 3 is 2.39 bits per heavy atom. The monoisotopic (exact) mass is 272 g/mol. The fraction of sp³-hybridized carbons (Fsp3) is 0.750. The van der Waals surface area contributed by atoms with Crippen molar-refractivity contribution in [2.24, 2.45) is 5.92 Å². The molecule has 18 heavy (non-hydrogen) atoms. The molecule has 0 spiro atoms. The first-order valence-electron chi connectivity index (χ1n) is 6.28. The second kappa shape index (κ2) is 4.66. The van der Waals surface area contributed by atoms with Crippen molar-refractivity contribution in [3.63, 3.8) is 0 Å². The molecule has 1 aliphatic rings. The Labute approximate surface area is 108 Å². The molecule has 1 fully saturated rings. The number of aryl methyl sites for hydroxylation is 2. The summed E-state index contributed by atoms with van der Waals surface area (Å²) in [6, 6.07) is 0.158. The lowest BCUT2D eigenvalue weighted by Gasteiger charge is -2.23. The van der Waals surface area contributed by atoms with Gasteiger partial charge < -0.3 is 4.52 Å². The van der Waals surface area contributed by atoms with Gasteiger partial charge in [-0.05, 0) is 32.6 Å². The maximum Gasteiger partial charge on any atom is 0.248 e. The molecule has 0 saturated heterocycles. The van der Waals surface area contributed by atoms with Crippen molar-refractivity contribution in [3.8, 4) is 0 Å². The first kappa shape index (κ1) is 13.5. The van der Waals surface area contributed by atoms with Crippen LogP contribution in [0.15, 0.2) is 9.42 Å². The summed E-state index contributed by atoms with van der Waals surface area (Å²) in [5.74, 6) is 0.683. The summed E-state index contributed by atoms with van der Waals surface area (Å²) in [7, 11) is -3.47. The minimum atomic E-state index is -3.47. The second-order valence-electron chi connectivity index (χ2n) is 5.35. The smallest absolute Gasteiger partial charge is 0.248 e. The molecule has 1 aromatic rings. The Balaban J connectivity index is 2.39. The number of sulfonamides is 1. The van der Waals surface area contributed by atoms with E-state index in [-0.39, 0.29) is 10.9 Å². The van der Waals surface area contributed by atoms with Crippen LogP contribution in [-0.4, -0.2) is 30.5 Å². The van der Waals surface area contributed by atoms with Gasteiger partial charge in [0.05, 0.1) is 0 Å². The summed E-state index contributed by atoms with van der Waals surface area (Å²) < 4.78 is 32.0. The molecule has 1 aromatic heterocycles. The molecule has 0 bridgehead atoms. The normalized spacial score (nSPS) is 16.8. The van der Waals surface area contributed by atoms with E-state index in [4.69, 9.17) is 4.52 Å². The third-order valence-corrected chi connectivity index (χ3v) is 5.20. The zero-order valence-electron chi connectivity index (χ0n) is 11.3. The van der Waals surface area contributed by atoms with Crippen molar-refractivity contribution >= 4 is 10.0 Å². The van der Waals surface area contributed by atoms with E-state index < -0.39 is 10.0 Å². The number of aromatic nitrogens is 1. The zero-order chi connectivity index (χ0) is 13.5. The van der Waals surface area contributed by atoms with Crippen molar-refractivity contribution in [1.82, 2.24) is 9.46 Å². The van der Waals surface area contributed by atoms with Crippen LogP contribution in [0.1, 0.15) is 38.1 Å². The summed E-state index contributed by atoms with van der Waals surface area (Å²) in [6.07, 6.45) is 1.91. The van der Waals surface area contributed by atoms with Crippen molar-refractivity contribution in [2.45, 2.75) is 51.5 Å². The lowest BCUT2D eigenvalue weighted by molar-refractivity contribution is 0.357. The molecule has 2 rings (SSSR count). The van der Waals surface area contributed by atoms with E-state index in [1.807, 2.05) is 13.8 Å². The summed E-state index contributed by atoms with van der Waals surface area (Å²) in [5, 5.41) is 3.74. The molecular formula is C12H20N2O3S. The fourth-order valence-corrected chi connectivity index (χ4v) is 4.27. The highest BCUT2D eigenvalue weighted by Gasteiger charge is 2.40. The Hall–Kier alpha value is -0.880. The molecule has 6 heteroatoms. The van der Waals surface area contributed by atoms with E-state index in [0.29, 0.717) is 23.9 Å². The average molecular weight is 272 g/mol. The Morgan fingerprint density at radius 2 is 2.00 bits per heavy atom. The highest BCUT2D eigenvalue weighted by Crippen LogP contribution is 2.34. The zero-order valence-corrected chi connectivity index (χ0v) is 12.1. The molecule has 0 unspecified atom stereocenters. The van der Waals surface area contributed by atoms with Crippen molar-refractivity contribution < 1.29 is 12.9 Å². The molecule has 0 atom stereocenters. The quantitative estimate of drug-likeness (QED) is 0.823. The molecule has 5 nitrogen and oxygen atoms in total. The molecular weight excluding hydrogens is 252 g/mol. The highest BCUT2D eigenvalue weighted by molar-refractivity contribution is 7.89. The van der Waals surface area contributed by atoms with Gasteiger partial charge in [-0.15, -0.1) is 0 Å². The predicted octanol–water partition coefficient (Wildman–Crippen LogP) is 2.10. The van der Waals surface area contributed by atoms with Crippen molar-refractivity contribution in [2.75, 3.05) is 6.54 Å². The Bertz CT molecular complexity index is 510. The number of hydrogen-bond acceptors (Lipinski definition) is 4. The van der Waals surface area contributed by atoms with Gasteiger partial charge in [0.2, 0.25) is 10.0 Å². The first-order valence-corrected chi connectivity index (χ1v) is 7.72. The molecule has 102 valence electrons. The number of nitrogens with zero attached hydrogens (tertiary/aromatic N) is 2. The highest BCUT2D eigenvalue weighted by atomic mass is 32.2. The summed E-state index contributed by atoms with van der Waals surface area (Å²) in [6.45, 7) is 7.92. The first-order chi connectivity index (χ1) is 8.34. The molecule has 0 radical (unpaired) electrons. The van der Waals surface area contributed by atoms with Gasteiger partial charge in [0.1, 0.15) is 10.6 Å². The lowest BCUT2D eigenvalue weighted by atomic mass is 10.2.